The maximum Gasteiger partial charge on any atom is 0.165 e. The number of alkyl halides is 1. The van der Waals surface area contributed by atoms with Crippen molar-refractivity contribution in [3.05, 3.63) is 29.6 Å². The molecule has 1 aliphatic carbocycles. The van der Waals surface area contributed by atoms with E-state index >= 15 is 0 Å². The summed E-state index contributed by atoms with van der Waals surface area (Å²) in [5, 5.41) is 0. The number of benzene rings is 1. The second-order valence-corrected chi connectivity index (χ2v) is 14.1. The Kier molecular flexibility index (Phi) is 11.2. The molecule has 1 aromatic carbocycles. The molecule has 1 saturated heterocycles. The molecule has 0 bridgehead atoms. The second kappa shape index (κ2) is 13.9. The Morgan fingerprint density at radius 2 is 1.65 bits per heavy atom. The van der Waals surface area contributed by atoms with E-state index < -0.39 is 0 Å². The standard InChI is InChI=1S/C27H44ClFOSi/c1-2-18-31-19-14-23(15-20-31)7-4-3-6-22-8-10-24(11-9-22)25-12-13-27(26(29)21-25)30-17-5-16-28/h12-13,21-24,31H,2-11,14-20H2,1H3/t22-,23?,24-,31?. The van der Waals surface area contributed by atoms with Crippen molar-refractivity contribution in [1.82, 2.24) is 0 Å². The van der Waals surface area contributed by atoms with Crippen molar-refractivity contribution in [3.63, 3.8) is 0 Å². The van der Waals surface area contributed by atoms with Crippen LogP contribution in [0.3, 0.4) is 0 Å². The summed E-state index contributed by atoms with van der Waals surface area (Å²) in [6, 6.07) is 10.4. The Morgan fingerprint density at radius 3 is 2.26 bits per heavy atom. The molecule has 3 rings (SSSR count). The quantitative estimate of drug-likeness (QED) is 0.170. The molecule has 4 heteroatoms. The number of halogens is 2. The first kappa shape index (κ1) is 25.1. The van der Waals surface area contributed by atoms with Gasteiger partial charge in [-0.25, -0.2) is 4.39 Å². The number of rotatable bonds is 12. The highest BCUT2D eigenvalue weighted by Crippen LogP contribution is 2.39. The molecule has 1 heterocycles. The maximum atomic E-state index is 14.4. The van der Waals surface area contributed by atoms with E-state index in [0.29, 0.717) is 24.2 Å². The minimum Gasteiger partial charge on any atom is -0.490 e. The molecule has 31 heavy (non-hydrogen) atoms. The second-order valence-electron chi connectivity index (χ2n) is 10.3. The van der Waals surface area contributed by atoms with E-state index in [1.54, 1.807) is 37.0 Å². The molecule has 1 saturated carbocycles. The molecule has 0 unspecified atom stereocenters. The molecule has 0 aromatic heterocycles. The molecule has 0 spiro atoms. The monoisotopic (exact) mass is 466 g/mol. The highest BCUT2D eigenvalue weighted by molar-refractivity contribution is 6.58. The topological polar surface area (TPSA) is 9.23 Å². The van der Waals surface area contributed by atoms with Gasteiger partial charge in [-0.1, -0.05) is 76.1 Å². The predicted molar refractivity (Wildman–Crippen MR) is 135 cm³/mol. The highest BCUT2D eigenvalue weighted by atomic mass is 35.5. The Morgan fingerprint density at radius 1 is 0.968 bits per heavy atom. The molecule has 0 N–H and O–H groups in total. The lowest BCUT2D eigenvalue weighted by Crippen LogP contribution is -2.21. The zero-order chi connectivity index (χ0) is 21.9. The van der Waals surface area contributed by atoms with Gasteiger partial charge in [-0.05, 0) is 67.6 Å². The molecule has 2 fully saturated rings. The fourth-order valence-corrected chi connectivity index (χ4v) is 9.67. The van der Waals surface area contributed by atoms with Crippen LogP contribution in [-0.2, 0) is 0 Å². The van der Waals surface area contributed by atoms with Crippen LogP contribution in [0, 0.1) is 17.7 Å². The fraction of sp³-hybridized carbons (Fsp3) is 0.778. The van der Waals surface area contributed by atoms with Crippen LogP contribution in [0.4, 0.5) is 4.39 Å². The summed E-state index contributed by atoms with van der Waals surface area (Å²) >= 11 is 5.66. The third-order valence-electron chi connectivity index (χ3n) is 7.95. The van der Waals surface area contributed by atoms with Crippen LogP contribution >= 0.6 is 11.6 Å². The minimum absolute atomic E-state index is 0.222. The first-order chi connectivity index (χ1) is 15.2. The largest absolute Gasteiger partial charge is 0.490 e. The third-order valence-corrected chi connectivity index (χ3v) is 11.9. The van der Waals surface area contributed by atoms with E-state index in [2.05, 4.69) is 13.0 Å². The van der Waals surface area contributed by atoms with Crippen LogP contribution in [0.25, 0.3) is 0 Å². The van der Waals surface area contributed by atoms with E-state index in [1.807, 2.05) is 6.07 Å². The van der Waals surface area contributed by atoms with Gasteiger partial charge in [-0.3, -0.25) is 0 Å². The first-order valence-corrected chi connectivity index (χ1v) is 16.2. The van der Waals surface area contributed by atoms with Gasteiger partial charge in [-0.2, -0.15) is 0 Å². The van der Waals surface area contributed by atoms with Gasteiger partial charge in [0.1, 0.15) is 0 Å². The molecule has 0 amide bonds. The number of unbranched alkanes of at least 4 members (excludes halogenated alkanes) is 1. The van der Waals surface area contributed by atoms with Crippen LogP contribution < -0.4 is 4.74 Å². The van der Waals surface area contributed by atoms with Gasteiger partial charge < -0.3 is 4.74 Å². The van der Waals surface area contributed by atoms with Crippen LogP contribution in [0.1, 0.15) is 95.5 Å². The molecule has 0 atom stereocenters. The lowest BCUT2D eigenvalue weighted by atomic mass is 9.77. The van der Waals surface area contributed by atoms with Crippen molar-refractivity contribution in [2.24, 2.45) is 11.8 Å². The summed E-state index contributed by atoms with van der Waals surface area (Å²) in [4.78, 5) is 0. The van der Waals surface area contributed by atoms with Gasteiger partial charge in [-0.15, -0.1) is 11.6 Å². The van der Waals surface area contributed by atoms with Crippen molar-refractivity contribution >= 4 is 20.4 Å². The molecule has 2 aliphatic rings. The van der Waals surface area contributed by atoms with Gasteiger partial charge in [0.05, 0.1) is 6.61 Å². The van der Waals surface area contributed by atoms with Crippen molar-refractivity contribution in [3.8, 4) is 5.75 Å². The SMILES string of the molecule is CCC[SiH]1CCC(CCCC[C@H]2CC[C@H](c3ccc(OCCCCl)c(F)c3)CC2)CC1. The predicted octanol–water partition coefficient (Wildman–Crippen LogP) is 8.71. The summed E-state index contributed by atoms with van der Waals surface area (Å²) < 4.78 is 19.9. The lowest BCUT2D eigenvalue weighted by Gasteiger charge is -2.30. The first-order valence-electron chi connectivity index (χ1n) is 13.2. The van der Waals surface area contributed by atoms with Gasteiger partial charge >= 0.3 is 0 Å². The summed E-state index contributed by atoms with van der Waals surface area (Å²) in [5.41, 5.74) is 1.16. The van der Waals surface area contributed by atoms with Crippen LogP contribution in [0.5, 0.6) is 5.75 Å². The molecule has 176 valence electrons. The normalized spacial score (nSPS) is 26.7. The molecular weight excluding hydrogens is 423 g/mol. The summed E-state index contributed by atoms with van der Waals surface area (Å²) in [5.74, 6) is 3.15. The Balaban J connectivity index is 1.30. The average molecular weight is 467 g/mol. The van der Waals surface area contributed by atoms with Crippen molar-refractivity contribution in [2.75, 3.05) is 12.5 Å². The van der Waals surface area contributed by atoms with Gasteiger partial charge in [0.2, 0.25) is 0 Å². The van der Waals surface area contributed by atoms with Crippen LogP contribution in [0.15, 0.2) is 18.2 Å². The van der Waals surface area contributed by atoms with Crippen molar-refractivity contribution in [1.29, 1.82) is 0 Å². The molecule has 1 aliphatic heterocycles. The zero-order valence-corrected chi connectivity index (χ0v) is 21.6. The zero-order valence-electron chi connectivity index (χ0n) is 19.7. The van der Waals surface area contributed by atoms with Gasteiger partial charge in [0, 0.05) is 14.7 Å². The maximum absolute atomic E-state index is 14.4. The number of hydrogen-bond donors (Lipinski definition) is 0. The number of ether oxygens (including phenoxy) is 1. The molecular formula is C27H44ClFOSi. The summed E-state index contributed by atoms with van der Waals surface area (Å²) in [6.45, 7) is 2.84. The Hall–Kier alpha value is -0.543. The Labute approximate surface area is 197 Å². The molecule has 0 radical (unpaired) electrons. The van der Waals surface area contributed by atoms with E-state index in [-0.39, 0.29) is 14.6 Å². The van der Waals surface area contributed by atoms with Crippen molar-refractivity contribution < 1.29 is 9.13 Å². The van der Waals surface area contributed by atoms with E-state index in [9.17, 15) is 4.39 Å². The van der Waals surface area contributed by atoms with Gasteiger partial charge in [0.25, 0.3) is 0 Å². The van der Waals surface area contributed by atoms with Crippen molar-refractivity contribution in [2.45, 2.75) is 108 Å². The third kappa shape index (κ3) is 8.39. The van der Waals surface area contributed by atoms with E-state index in [4.69, 9.17) is 16.3 Å². The lowest BCUT2D eigenvalue weighted by molar-refractivity contribution is 0.293. The summed E-state index contributed by atoms with van der Waals surface area (Å²) in [7, 11) is -0.310. The van der Waals surface area contributed by atoms with Crippen LogP contribution in [-0.4, -0.2) is 21.3 Å². The fourth-order valence-electron chi connectivity index (χ4n) is 5.99. The average Bonchev–Trinajstić information content (AvgIpc) is 2.79. The minimum atomic E-state index is -0.310. The van der Waals surface area contributed by atoms with Gasteiger partial charge in [0.15, 0.2) is 11.6 Å². The summed E-state index contributed by atoms with van der Waals surface area (Å²) in [6.07, 6.45) is 16.1. The van der Waals surface area contributed by atoms with E-state index in [1.165, 1.54) is 57.8 Å². The highest BCUT2D eigenvalue weighted by Gasteiger charge is 2.24. The Bertz CT molecular complexity index is 624. The van der Waals surface area contributed by atoms with E-state index in [0.717, 1.165) is 23.8 Å². The molecule has 1 aromatic rings. The number of hydrogen-bond acceptors (Lipinski definition) is 1. The smallest absolute Gasteiger partial charge is 0.165 e. The molecule has 1 nitrogen and oxygen atoms in total. The van der Waals surface area contributed by atoms with Crippen LogP contribution in [0.2, 0.25) is 18.1 Å².